The van der Waals surface area contributed by atoms with Crippen molar-refractivity contribution in [3.63, 3.8) is 0 Å². The summed E-state index contributed by atoms with van der Waals surface area (Å²) in [6.07, 6.45) is 0. The van der Waals surface area contributed by atoms with E-state index in [0.29, 0.717) is 13.2 Å². The van der Waals surface area contributed by atoms with Crippen LogP contribution in [0.25, 0.3) is 131 Å². The molecule has 75 heavy (non-hydrogen) atoms. The fourth-order valence-corrected chi connectivity index (χ4v) is 13.0. The van der Waals surface area contributed by atoms with Gasteiger partial charge in [0.15, 0.2) is 0 Å². The number of ether oxygens (including phenoxy) is 2. The van der Waals surface area contributed by atoms with E-state index in [0.717, 1.165) is 11.5 Å². The molecule has 0 atom stereocenters. The van der Waals surface area contributed by atoms with E-state index in [1.54, 1.807) is 0 Å². The molecule has 0 spiro atoms. The molecule has 0 saturated carbocycles. The fourth-order valence-electron chi connectivity index (χ4n) is 13.0. The zero-order valence-electron chi connectivity index (χ0n) is 42.7. The average molecular weight is 963 g/mol. The molecule has 0 heterocycles. The van der Waals surface area contributed by atoms with Crippen molar-refractivity contribution >= 4 is 64.6 Å². The standard InChI is InChI=1S/C73H54O2/c1-5-74-49-37-31-45(32-38-49)67-53-19-7-9-21-55(53)69(56-22-10-8-20-54(56)67)47-35-41-51-52-42-36-48(44-66(52)73(3,4)65(51)43-47)70-59-25-13-17-29-63(59)72(64-30-18-14-26-60(64)70)71-61-27-15-11-23-57(61)68(58-24-12-16-28-62(58)71)46-33-39-50(40-34-46)75-6-2/h7-44H,5-6H2,1-4H3. The first-order chi connectivity index (χ1) is 36.9. The Kier molecular flexibility index (Phi) is 10.5. The summed E-state index contributed by atoms with van der Waals surface area (Å²) in [6, 6.07) is 85.8. The first-order valence-corrected chi connectivity index (χ1v) is 26.5. The third-order valence-corrected chi connectivity index (χ3v) is 16.2. The predicted molar refractivity (Wildman–Crippen MR) is 319 cm³/mol. The van der Waals surface area contributed by atoms with Crippen molar-refractivity contribution in [2.24, 2.45) is 0 Å². The summed E-state index contributed by atoms with van der Waals surface area (Å²) in [5, 5.41) is 14.9. The summed E-state index contributed by atoms with van der Waals surface area (Å²) in [4.78, 5) is 0. The van der Waals surface area contributed by atoms with Crippen LogP contribution in [0.4, 0.5) is 0 Å². The summed E-state index contributed by atoms with van der Waals surface area (Å²) in [7, 11) is 0. The van der Waals surface area contributed by atoms with Crippen molar-refractivity contribution in [3.8, 4) is 78.3 Å². The second-order valence-electron chi connectivity index (χ2n) is 20.6. The highest BCUT2D eigenvalue weighted by atomic mass is 16.5. The molecule has 2 nitrogen and oxygen atoms in total. The number of benzene rings is 13. The zero-order chi connectivity index (χ0) is 50.4. The maximum absolute atomic E-state index is 5.88. The second-order valence-corrected chi connectivity index (χ2v) is 20.6. The SMILES string of the molecule is CCOc1ccc(-c2c3ccccc3c(-c3ccc4c(c3)C(C)(C)c3cc(-c5c6ccccc6c(-c6c7ccccc7c(-c7ccc(OCC)cc7)c7ccccc67)c6ccccc56)ccc3-4)c3ccccc23)cc1. The van der Waals surface area contributed by atoms with Crippen LogP contribution in [0.3, 0.4) is 0 Å². The molecule has 1 aliphatic rings. The Morgan fingerprint density at radius 3 is 0.747 bits per heavy atom. The minimum absolute atomic E-state index is 0.265. The number of hydrogen-bond donors (Lipinski definition) is 0. The molecule has 0 unspecified atom stereocenters. The first-order valence-electron chi connectivity index (χ1n) is 26.5. The molecule has 2 heteroatoms. The highest BCUT2D eigenvalue weighted by Gasteiger charge is 2.37. The Hall–Kier alpha value is -8.98. The number of rotatable bonds is 9. The van der Waals surface area contributed by atoms with E-state index in [4.69, 9.17) is 9.47 Å². The molecular formula is C73H54O2. The molecule has 13 aromatic carbocycles. The van der Waals surface area contributed by atoms with Gasteiger partial charge in [-0.2, -0.15) is 0 Å². The van der Waals surface area contributed by atoms with E-state index in [-0.39, 0.29) is 5.41 Å². The maximum Gasteiger partial charge on any atom is 0.119 e. The molecule has 0 bridgehead atoms. The van der Waals surface area contributed by atoms with Crippen LogP contribution in [0.15, 0.2) is 231 Å². The van der Waals surface area contributed by atoms with Gasteiger partial charge in [-0.3, -0.25) is 0 Å². The first kappa shape index (κ1) is 44.7. The minimum atomic E-state index is -0.265. The van der Waals surface area contributed by atoms with Gasteiger partial charge >= 0.3 is 0 Å². The van der Waals surface area contributed by atoms with Crippen LogP contribution >= 0.6 is 0 Å². The van der Waals surface area contributed by atoms with E-state index >= 15 is 0 Å². The van der Waals surface area contributed by atoms with Gasteiger partial charge in [0, 0.05) is 5.41 Å². The van der Waals surface area contributed by atoms with Crippen molar-refractivity contribution in [1.29, 1.82) is 0 Å². The Morgan fingerprint density at radius 1 is 0.267 bits per heavy atom. The van der Waals surface area contributed by atoms with Crippen molar-refractivity contribution in [1.82, 2.24) is 0 Å². The lowest BCUT2D eigenvalue weighted by molar-refractivity contribution is 0.340. The molecular weight excluding hydrogens is 909 g/mol. The Morgan fingerprint density at radius 2 is 0.493 bits per heavy atom. The third kappa shape index (κ3) is 6.93. The summed E-state index contributed by atoms with van der Waals surface area (Å²) >= 11 is 0. The third-order valence-electron chi connectivity index (χ3n) is 16.2. The highest BCUT2D eigenvalue weighted by Crippen LogP contribution is 2.55. The lowest BCUT2D eigenvalue weighted by Crippen LogP contribution is -2.15. The van der Waals surface area contributed by atoms with Gasteiger partial charge in [0.1, 0.15) is 11.5 Å². The highest BCUT2D eigenvalue weighted by molar-refractivity contribution is 6.30. The molecule has 358 valence electrons. The summed E-state index contributed by atoms with van der Waals surface area (Å²) in [6.45, 7) is 10.2. The molecule has 1 aliphatic carbocycles. The van der Waals surface area contributed by atoms with Gasteiger partial charge < -0.3 is 9.47 Å². The molecule has 0 aliphatic heterocycles. The molecule has 0 amide bonds. The quantitative estimate of drug-likeness (QED) is 0.134. The van der Waals surface area contributed by atoms with E-state index < -0.39 is 0 Å². The van der Waals surface area contributed by atoms with Crippen LogP contribution in [0.5, 0.6) is 11.5 Å². The molecule has 0 radical (unpaired) electrons. The van der Waals surface area contributed by atoms with Crippen LogP contribution < -0.4 is 9.47 Å². The van der Waals surface area contributed by atoms with Crippen LogP contribution in [0.2, 0.25) is 0 Å². The fraction of sp³-hybridized carbons (Fsp3) is 0.0959. The molecule has 0 aromatic heterocycles. The van der Waals surface area contributed by atoms with Gasteiger partial charge in [-0.25, -0.2) is 0 Å². The Balaban J connectivity index is 0.930. The minimum Gasteiger partial charge on any atom is -0.494 e. The largest absolute Gasteiger partial charge is 0.494 e. The Labute approximate surface area is 438 Å². The predicted octanol–water partition coefficient (Wildman–Crippen LogP) is 20.0. The van der Waals surface area contributed by atoms with Gasteiger partial charge in [0.2, 0.25) is 0 Å². The van der Waals surface area contributed by atoms with E-state index in [1.165, 1.54) is 143 Å². The number of hydrogen-bond acceptors (Lipinski definition) is 2. The summed E-state index contributed by atoms with van der Waals surface area (Å²) < 4.78 is 11.7. The van der Waals surface area contributed by atoms with Crippen molar-refractivity contribution in [2.45, 2.75) is 33.1 Å². The molecule has 0 N–H and O–H groups in total. The van der Waals surface area contributed by atoms with Gasteiger partial charge in [0.05, 0.1) is 13.2 Å². The van der Waals surface area contributed by atoms with E-state index in [1.807, 2.05) is 13.8 Å². The number of fused-ring (bicyclic) bond motifs is 9. The van der Waals surface area contributed by atoms with Crippen molar-refractivity contribution in [2.75, 3.05) is 13.2 Å². The molecule has 13 aromatic rings. The summed E-state index contributed by atoms with van der Waals surface area (Å²) in [5.74, 6) is 1.78. The van der Waals surface area contributed by atoms with Crippen LogP contribution in [-0.2, 0) is 5.41 Å². The molecule has 0 fully saturated rings. The van der Waals surface area contributed by atoms with Gasteiger partial charge in [0.25, 0.3) is 0 Å². The zero-order valence-corrected chi connectivity index (χ0v) is 42.7. The summed E-state index contributed by atoms with van der Waals surface area (Å²) in [5.41, 5.74) is 17.5. The van der Waals surface area contributed by atoms with Gasteiger partial charge in [-0.1, -0.05) is 208 Å². The van der Waals surface area contributed by atoms with Crippen molar-refractivity contribution < 1.29 is 9.47 Å². The van der Waals surface area contributed by atoms with Gasteiger partial charge in [-0.15, -0.1) is 0 Å². The lowest BCUT2D eigenvalue weighted by Gasteiger charge is -2.24. The average Bonchev–Trinajstić information content (AvgIpc) is 3.69. The van der Waals surface area contributed by atoms with Gasteiger partial charge in [-0.05, 0) is 193 Å². The molecule has 14 rings (SSSR count). The lowest BCUT2D eigenvalue weighted by atomic mass is 9.79. The Bertz CT molecular complexity index is 4270. The van der Waals surface area contributed by atoms with E-state index in [9.17, 15) is 0 Å². The smallest absolute Gasteiger partial charge is 0.119 e. The maximum atomic E-state index is 5.88. The monoisotopic (exact) mass is 962 g/mol. The van der Waals surface area contributed by atoms with Crippen LogP contribution in [-0.4, -0.2) is 13.2 Å². The topological polar surface area (TPSA) is 18.5 Å². The van der Waals surface area contributed by atoms with E-state index in [2.05, 4.69) is 244 Å². The molecule has 0 saturated heterocycles. The van der Waals surface area contributed by atoms with Crippen molar-refractivity contribution in [3.05, 3.63) is 242 Å². The van der Waals surface area contributed by atoms with Crippen LogP contribution in [0.1, 0.15) is 38.8 Å². The second kappa shape index (κ2) is 17.6. The van der Waals surface area contributed by atoms with Crippen LogP contribution in [0, 0.1) is 0 Å². The normalized spacial score (nSPS) is 12.7.